The van der Waals surface area contributed by atoms with Crippen molar-refractivity contribution in [2.45, 2.75) is 19.9 Å². The summed E-state index contributed by atoms with van der Waals surface area (Å²) in [6, 6.07) is 0. The monoisotopic (exact) mass is 85.0 g/mol. The van der Waals surface area contributed by atoms with Gasteiger partial charge in [-0.2, -0.15) is 0 Å². The summed E-state index contributed by atoms with van der Waals surface area (Å²) >= 11 is 0. The highest BCUT2D eigenvalue weighted by molar-refractivity contribution is 6.45. The lowest BCUT2D eigenvalue weighted by Gasteiger charge is -1.64. The second kappa shape index (κ2) is 4.09. The van der Waals surface area contributed by atoms with E-state index in [2.05, 4.69) is 19.1 Å². The zero-order valence-corrected chi connectivity index (χ0v) is 4.78. The summed E-state index contributed by atoms with van der Waals surface area (Å²) in [5.74, 6) is 0. The minimum absolute atomic E-state index is 1.03. The van der Waals surface area contributed by atoms with E-state index in [-0.39, 0.29) is 0 Å². The standard InChI is InChI=1S/C4H9Si/c1-3-4-5-2/h4H,3H2,1-2H3. The van der Waals surface area contributed by atoms with Gasteiger partial charge in [-0.1, -0.05) is 13.5 Å². The summed E-state index contributed by atoms with van der Waals surface area (Å²) in [5, 5.41) is 0. The Bertz CT molecular complexity index is 30.6. The molecule has 0 fully saturated rings. The van der Waals surface area contributed by atoms with E-state index in [0.29, 0.717) is 0 Å². The Morgan fingerprint density at radius 3 is 2.40 bits per heavy atom. The third kappa shape index (κ3) is 4.09. The lowest BCUT2D eigenvalue weighted by Crippen LogP contribution is -1.69. The highest BCUT2D eigenvalue weighted by Crippen LogP contribution is 1.56. The Labute approximate surface area is 35.6 Å². The van der Waals surface area contributed by atoms with Crippen LogP contribution in [0.5, 0.6) is 0 Å². The van der Waals surface area contributed by atoms with Crippen LogP contribution in [0.1, 0.15) is 13.3 Å². The first-order valence-electron chi connectivity index (χ1n) is 1.90. The Morgan fingerprint density at radius 2 is 2.40 bits per heavy atom. The molecule has 0 amide bonds. The van der Waals surface area contributed by atoms with Crippen molar-refractivity contribution in [1.82, 2.24) is 0 Å². The van der Waals surface area contributed by atoms with Crippen LogP contribution in [0.15, 0.2) is 0 Å². The van der Waals surface area contributed by atoms with Gasteiger partial charge >= 0.3 is 0 Å². The van der Waals surface area contributed by atoms with Gasteiger partial charge in [-0.15, -0.1) is 5.67 Å². The zero-order valence-electron chi connectivity index (χ0n) is 3.78. The van der Waals surface area contributed by atoms with Crippen molar-refractivity contribution in [1.29, 1.82) is 0 Å². The molecular formula is C4H9Si. The fourth-order valence-corrected chi connectivity index (χ4v) is 0.612. The molecule has 0 atom stereocenters. The molecule has 5 heavy (non-hydrogen) atoms. The topological polar surface area (TPSA) is 0 Å². The molecule has 0 aromatic heterocycles. The molecule has 1 heteroatoms. The minimum Gasteiger partial charge on any atom is -0.104 e. The minimum atomic E-state index is 1.03. The van der Waals surface area contributed by atoms with E-state index in [1.165, 1.54) is 6.42 Å². The van der Waals surface area contributed by atoms with E-state index in [1.807, 2.05) is 0 Å². The van der Waals surface area contributed by atoms with E-state index in [4.69, 9.17) is 0 Å². The van der Waals surface area contributed by atoms with Crippen molar-refractivity contribution < 1.29 is 0 Å². The second-order valence-electron chi connectivity index (χ2n) is 0.901. The maximum absolute atomic E-state index is 2.28. The van der Waals surface area contributed by atoms with Gasteiger partial charge in [0, 0.05) is 9.13 Å². The largest absolute Gasteiger partial charge is 0.104 e. The predicted octanol–water partition coefficient (Wildman–Crippen LogP) is 0.951. The Hall–Kier alpha value is 0.0869. The molecule has 29 valence electrons. The average Bonchev–Trinajstić information content (AvgIpc) is 1.41. The SMILES string of the molecule is CCC=[Si]C. The van der Waals surface area contributed by atoms with E-state index in [9.17, 15) is 0 Å². The van der Waals surface area contributed by atoms with Gasteiger partial charge in [0.1, 0.15) is 0 Å². The molecule has 0 aromatic carbocycles. The van der Waals surface area contributed by atoms with Crippen molar-refractivity contribution in [3.63, 3.8) is 0 Å². The molecule has 0 aliphatic heterocycles. The molecule has 0 saturated heterocycles. The van der Waals surface area contributed by atoms with Crippen LogP contribution >= 0.6 is 0 Å². The fourth-order valence-electron chi connectivity index (χ4n) is 0.204. The second-order valence-corrected chi connectivity index (χ2v) is 1.89. The molecule has 0 aliphatic carbocycles. The third-order valence-electron chi connectivity index (χ3n) is 0.408. The Balaban J connectivity index is 2.62. The molecule has 0 bridgehead atoms. The Morgan fingerprint density at radius 1 is 1.80 bits per heavy atom. The average molecular weight is 85.2 g/mol. The predicted molar refractivity (Wildman–Crippen MR) is 28.0 cm³/mol. The van der Waals surface area contributed by atoms with Crippen LogP contribution in [-0.2, 0) is 0 Å². The van der Waals surface area contributed by atoms with Crippen LogP contribution in [0.4, 0.5) is 0 Å². The number of rotatable bonds is 1. The maximum atomic E-state index is 2.28. The van der Waals surface area contributed by atoms with Crippen LogP contribution in [-0.4, -0.2) is 14.8 Å². The number of hydrogen-bond acceptors (Lipinski definition) is 0. The van der Waals surface area contributed by atoms with Gasteiger partial charge in [0.25, 0.3) is 0 Å². The van der Waals surface area contributed by atoms with Gasteiger partial charge in [-0.05, 0) is 6.42 Å². The van der Waals surface area contributed by atoms with Gasteiger partial charge in [0.05, 0.1) is 0 Å². The Kier molecular flexibility index (Phi) is 4.16. The summed E-state index contributed by atoms with van der Waals surface area (Å²) in [5.41, 5.74) is 2.28. The maximum Gasteiger partial charge on any atom is 0.0111 e. The van der Waals surface area contributed by atoms with E-state index >= 15 is 0 Å². The summed E-state index contributed by atoms with van der Waals surface area (Å²) in [7, 11) is 1.03. The third-order valence-corrected chi connectivity index (χ3v) is 1.22. The van der Waals surface area contributed by atoms with Crippen molar-refractivity contribution in [3.05, 3.63) is 0 Å². The van der Waals surface area contributed by atoms with Gasteiger partial charge in [0.15, 0.2) is 0 Å². The molecule has 0 aliphatic rings. The van der Waals surface area contributed by atoms with E-state index in [1.54, 1.807) is 0 Å². The van der Waals surface area contributed by atoms with Crippen molar-refractivity contribution in [2.75, 3.05) is 0 Å². The molecule has 0 N–H and O–H groups in total. The van der Waals surface area contributed by atoms with Gasteiger partial charge in [-0.25, -0.2) is 0 Å². The normalized spacial score (nSPS) is 10.0. The molecule has 0 aromatic rings. The first-order valence-corrected chi connectivity index (χ1v) is 3.48. The molecule has 0 spiro atoms. The summed E-state index contributed by atoms with van der Waals surface area (Å²) in [6.07, 6.45) is 1.23. The van der Waals surface area contributed by atoms with Crippen molar-refractivity contribution >= 4 is 14.8 Å². The molecule has 0 nitrogen and oxygen atoms in total. The van der Waals surface area contributed by atoms with Crippen molar-refractivity contribution in [3.8, 4) is 0 Å². The quantitative estimate of drug-likeness (QED) is 0.416. The summed E-state index contributed by atoms with van der Waals surface area (Å²) in [4.78, 5) is 0. The fraction of sp³-hybridized carbons (Fsp3) is 0.750. The lowest BCUT2D eigenvalue weighted by molar-refractivity contribution is 1.35. The summed E-state index contributed by atoms with van der Waals surface area (Å²) < 4.78 is 0. The van der Waals surface area contributed by atoms with Crippen LogP contribution in [0, 0.1) is 0 Å². The van der Waals surface area contributed by atoms with Crippen molar-refractivity contribution in [2.24, 2.45) is 0 Å². The van der Waals surface area contributed by atoms with Crippen LogP contribution in [0.2, 0.25) is 6.55 Å². The van der Waals surface area contributed by atoms with Crippen LogP contribution in [0.3, 0.4) is 0 Å². The molecule has 1 radical (unpaired) electrons. The molecule has 0 saturated carbocycles. The zero-order chi connectivity index (χ0) is 4.12. The van der Waals surface area contributed by atoms with E-state index in [0.717, 1.165) is 9.13 Å². The van der Waals surface area contributed by atoms with Gasteiger partial charge < -0.3 is 0 Å². The van der Waals surface area contributed by atoms with Crippen LogP contribution < -0.4 is 0 Å². The lowest BCUT2D eigenvalue weighted by atomic mass is 10.6. The number of hydrogen-bond donors (Lipinski definition) is 0. The van der Waals surface area contributed by atoms with Gasteiger partial charge in [0.2, 0.25) is 0 Å². The molecule has 0 unspecified atom stereocenters. The molecule has 0 heterocycles. The summed E-state index contributed by atoms with van der Waals surface area (Å²) in [6.45, 7) is 4.35. The highest BCUT2D eigenvalue weighted by atomic mass is 28.2. The molecule has 0 rings (SSSR count). The van der Waals surface area contributed by atoms with Gasteiger partial charge in [-0.3, -0.25) is 0 Å². The first kappa shape index (κ1) is 5.09. The van der Waals surface area contributed by atoms with Crippen LogP contribution in [0.25, 0.3) is 0 Å². The molecular weight excluding hydrogens is 76.1 g/mol. The smallest absolute Gasteiger partial charge is 0.0111 e. The highest BCUT2D eigenvalue weighted by Gasteiger charge is 1.53. The first-order chi connectivity index (χ1) is 2.41. The van der Waals surface area contributed by atoms with E-state index < -0.39 is 0 Å².